The van der Waals surface area contributed by atoms with E-state index in [9.17, 15) is 4.79 Å². The van der Waals surface area contributed by atoms with Gasteiger partial charge in [0.25, 0.3) is 5.91 Å². The zero-order valence-electron chi connectivity index (χ0n) is 14.1. The minimum absolute atomic E-state index is 0. The van der Waals surface area contributed by atoms with Gasteiger partial charge in [0.15, 0.2) is 5.69 Å². The fraction of sp³-hybridized carbons (Fsp3) is 0.294. The van der Waals surface area contributed by atoms with Gasteiger partial charge in [-0.2, -0.15) is 5.10 Å². The summed E-state index contributed by atoms with van der Waals surface area (Å²) in [6.07, 6.45) is 10.9. The highest BCUT2D eigenvalue weighted by Gasteiger charge is 2.17. The van der Waals surface area contributed by atoms with Crippen LogP contribution in [-0.4, -0.2) is 43.3 Å². The number of hydrogen-bond acceptors (Lipinski definition) is 5. The molecule has 136 valence electrons. The van der Waals surface area contributed by atoms with Crippen molar-refractivity contribution in [3.8, 4) is 5.82 Å². The van der Waals surface area contributed by atoms with Crippen molar-refractivity contribution in [1.82, 2.24) is 29.6 Å². The molecule has 2 N–H and O–H groups in total. The molecule has 8 nitrogen and oxygen atoms in total. The van der Waals surface area contributed by atoms with Gasteiger partial charge in [0.1, 0.15) is 12.1 Å². The fourth-order valence-corrected chi connectivity index (χ4v) is 2.92. The van der Waals surface area contributed by atoms with Crippen LogP contribution in [0.4, 0.5) is 5.69 Å². The Kier molecular flexibility index (Phi) is 5.65. The van der Waals surface area contributed by atoms with Crippen LogP contribution < -0.4 is 10.6 Å². The zero-order chi connectivity index (χ0) is 17.1. The summed E-state index contributed by atoms with van der Waals surface area (Å²) in [4.78, 5) is 20.7. The quantitative estimate of drug-likeness (QED) is 0.730. The number of halogens is 1. The highest BCUT2D eigenvalue weighted by atomic mass is 35.5. The van der Waals surface area contributed by atoms with Crippen LogP contribution >= 0.6 is 12.4 Å². The molecule has 3 aromatic rings. The Morgan fingerprint density at radius 2 is 2.19 bits per heavy atom. The minimum Gasteiger partial charge on any atom is -0.319 e. The number of anilines is 1. The van der Waals surface area contributed by atoms with Gasteiger partial charge < -0.3 is 10.6 Å². The maximum absolute atomic E-state index is 12.4. The molecule has 0 spiro atoms. The van der Waals surface area contributed by atoms with E-state index >= 15 is 0 Å². The number of amides is 1. The summed E-state index contributed by atoms with van der Waals surface area (Å²) in [6, 6.07) is 5.69. The summed E-state index contributed by atoms with van der Waals surface area (Å²) in [7, 11) is 0. The van der Waals surface area contributed by atoms with E-state index in [0.29, 0.717) is 17.4 Å². The summed E-state index contributed by atoms with van der Waals surface area (Å²) in [5, 5.41) is 10.6. The van der Waals surface area contributed by atoms with E-state index in [1.807, 2.05) is 29.2 Å². The molecule has 0 radical (unpaired) electrons. The van der Waals surface area contributed by atoms with E-state index in [0.717, 1.165) is 31.7 Å². The average Bonchev–Trinajstić information content (AvgIpc) is 3.35. The molecule has 1 unspecified atom stereocenters. The van der Waals surface area contributed by atoms with Gasteiger partial charge in [-0.05, 0) is 37.6 Å². The third kappa shape index (κ3) is 3.92. The summed E-state index contributed by atoms with van der Waals surface area (Å²) in [5.41, 5.74) is 1.03. The number of carbonyl (C=O) groups excluding carboxylic acids is 1. The number of aromatic nitrogens is 5. The molecule has 1 aliphatic rings. The lowest BCUT2D eigenvalue weighted by atomic mass is 10.1. The number of pyridine rings is 1. The minimum atomic E-state index is -0.236. The molecule has 0 aliphatic carbocycles. The Bertz CT molecular complexity index is 838. The van der Waals surface area contributed by atoms with E-state index in [2.05, 4.69) is 25.7 Å². The van der Waals surface area contributed by atoms with Crippen molar-refractivity contribution in [2.24, 2.45) is 0 Å². The first-order valence-electron chi connectivity index (χ1n) is 8.31. The molecule has 1 aliphatic heterocycles. The lowest BCUT2D eigenvalue weighted by Gasteiger charge is -2.22. The molecular formula is C17H20ClN7O. The maximum Gasteiger partial charge on any atom is 0.276 e. The molecule has 1 amide bonds. The molecule has 4 rings (SSSR count). The van der Waals surface area contributed by atoms with Crippen LogP contribution in [0.25, 0.3) is 5.82 Å². The van der Waals surface area contributed by atoms with Gasteiger partial charge in [0.2, 0.25) is 0 Å². The highest BCUT2D eigenvalue weighted by Crippen LogP contribution is 2.16. The second-order valence-electron chi connectivity index (χ2n) is 6.01. The Hall–Kier alpha value is -2.71. The molecule has 3 aromatic heterocycles. The molecule has 9 heteroatoms. The van der Waals surface area contributed by atoms with Crippen molar-refractivity contribution in [3.63, 3.8) is 0 Å². The molecule has 1 fully saturated rings. The predicted molar refractivity (Wildman–Crippen MR) is 99.9 cm³/mol. The van der Waals surface area contributed by atoms with E-state index in [-0.39, 0.29) is 18.3 Å². The van der Waals surface area contributed by atoms with Crippen LogP contribution in [0.15, 0.2) is 49.3 Å². The van der Waals surface area contributed by atoms with Gasteiger partial charge in [-0.1, -0.05) is 0 Å². The lowest BCUT2D eigenvalue weighted by Crippen LogP contribution is -2.32. The van der Waals surface area contributed by atoms with Gasteiger partial charge in [-0.25, -0.2) is 9.97 Å². The predicted octanol–water partition coefficient (Wildman–Crippen LogP) is 2.06. The van der Waals surface area contributed by atoms with E-state index in [1.54, 1.807) is 29.4 Å². The standard InChI is InChI=1S/C17H19N7O.ClH/c25-17(15-5-8-24(22-15)14-2-1-6-18-11-14)21-13-3-4-16(20-10-13)23-9-7-19-12-23;/h3-5,7-10,12,14,18H,1-2,6,11H2,(H,21,25);1H. The Balaban J connectivity index is 0.00000196. The van der Waals surface area contributed by atoms with Crippen molar-refractivity contribution in [2.75, 3.05) is 18.4 Å². The summed E-state index contributed by atoms with van der Waals surface area (Å²) < 4.78 is 3.67. The van der Waals surface area contributed by atoms with Gasteiger partial charge in [0, 0.05) is 25.1 Å². The number of rotatable bonds is 4. The summed E-state index contributed by atoms with van der Waals surface area (Å²) in [5.74, 6) is 0.504. The van der Waals surface area contributed by atoms with Crippen molar-refractivity contribution < 1.29 is 4.79 Å². The monoisotopic (exact) mass is 373 g/mol. The van der Waals surface area contributed by atoms with E-state index in [1.165, 1.54) is 0 Å². The Morgan fingerprint density at radius 1 is 1.27 bits per heavy atom. The second-order valence-corrected chi connectivity index (χ2v) is 6.01. The van der Waals surface area contributed by atoms with Crippen molar-refractivity contribution in [3.05, 3.63) is 55.0 Å². The molecule has 4 heterocycles. The first kappa shape index (κ1) is 18.1. The normalized spacial score (nSPS) is 16.7. The third-order valence-corrected chi connectivity index (χ3v) is 4.26. The van der Waals surface area contributed by atoms with Gasteiger partial charge in [-0.3, -0.25) is 14.0 Å². The number of piperidine rings is 1. The van der Waals surface area contributed by atoms with Crippen molar-refractivity contribution in [1.29, 1.82) is 0 Å². The number of nitrogens with zero attached hydrogens (tertiary/aromatic N) is 5. The number of carbonyl (C=O) groups is 1. The molecule has 26 heavy (non-hydrogen) atoms. The molecular weight excluding hydrogens is 354 g/mol. The van der Waals surface area contributed by atoms with Crippen LogP contribution in [0.3, 0.4) is 0 Å². The molecule has 0 saturated carbocycles. The van der Waals surface area contributed by atoms with Crippen LogP contribution in [0.5, 0.6) is 0 Å². The van der Waals surface area contributed by atoms with Crippen LogP contribution in [0, 0.1) is 0 Å². The maximum atomic E-state index is 12.4. The topological polar surface area (TPSA) is 89.7 Å². The number of imidazole rings is 1. The Labute approximate surface area is 157 Å². The zero-order valence-corrected chi connectivity index (χ0v) is 14.9. The largest absolute Gasteiger partial charge is 0.319 e. The molecule has 0 bridgehead atoms. The molecule has 0 aromatic carbocycles. The average molecular weight is 374 g/mol. The smallest absolute Gasteiger partial charge is 0.276 e. The van der Waals surface area contributed by atoms with Gasteiger partial charge in [-0.15, -0.1) is 12.4 Å². The van der Waals surface area contributed by atoms with Crippen LogP contribution in [0.1, 0.15) is 29.4 Å². The van der Waals surface area contributed by atoms with E-state index < -0.39 is 0 Å². The first-order chi connectivity index (χ1) is 12.3. The van der Waals surface area contributed by atoms with Crippen LogP contribution in [-0.2, 0) is 0 Å². The van der Waals surface area contributed by atoms with Gasteiger partial charge >= 0.3 is 0 Å². The van der Waals surface area contributed by atoms with Crippen LogP contribution in [0.2, 0.25) is 0 Å². The second kappa shape index (κ2) is 8.11. The number of hydrogen-bond donors (Lipinski definition) is 2. The Morgan fingerprint density at radius 3 is 2.88 bits per heavy atom. The third-order valence-electron chi connectivity index (χ3n) is 4.26. The fourth-order valence-electron chi connectivity index (χ4n) is 2.92. The van der Waals surface area contributed by atoms with Crippen molar-refractivity contribution in [2.45, 2.75) is 18.9 Å². The van der Waals surface area contributed by atoms with Crippen molar-refractivity contribution >= 4 is 24.0 Å². The van der Waals surface area contributed by atoms with Gasteiger partial charge in [0.05, 0.1) is 17.9 Å². The molecule has 1 saturated heterocycles. The summed E-state index contributed by atoms with van der Waals surface area (Å²) in [6.45, 7) is 1.94. The number of nitrogens with one attached hydrogen (secondary N) is 2. The SMILES string of the molecule is Cl.O=C(Nc1ccc(-n2ccnc2)nc1)c1ccn(C2CCCNC2)n1. The molecule has 1 atom stereocenters. The highest BCUT2D eigenvalue weighted by molar-refractivity contribution is 6.02. The van der Waals surface area contributed by atoms with E-state index in [4.69, 9.17) is 0 Å². The first-order valence-corrected chi connectivity index (χ1v) is 8.31. The summed E-state index contributed by atoms with van der Waals surface area (Å²) >= 11 is 0. The lowest BCUT2D eigenvalue weighted by molar-refractivity contribution is 0.102.